The minimum absolute atomic E-state index is 0.0462. The number of nitrogens with zero attached hydrogens (tertiary/aromatic N) is 4. The van der Waals surface area contributed by atoms with Gasteiger partial charge in [0.15, 0.2) is 0 Å². The molecule has 0 spiro atoms. The number of hydrogen-bond donors (Lipinski definition) is 1. The van der Waals surface area contributed by atoms with E-state index in [1.165, 1.54) is 0 Å². The van der Waals surface area contributed by atoms with Crippen molar-refractivity contribution < 1.29 is 13.9 Å². The van der Waals surface area contributed by atoms with Gasteiger partial charge in [-0.15, -0.1) is 21.5 Å². The first-order valence-electron chi connectivity index (χ1n) is 8.33. The van der Waals surface area contributed by atoms with Crippen LogP contribution in [0.1, 0.15) is 22.5 Å². The molecular formula is C16H21N5O3S. The van der Waals surface area contributed by atoms with Crippen molar-refractivity contribution in [2.24, 2.45) is 11.3 Å². The summed E-state index contributed by atoms with van der Waals surface area (Å²) in [5.41, 5.74) is 0.402. The molecule has 4 rings (SSSR count). The number of thiazole rings is 1. The average molecular weight is 363 g/mol. The van der Waals surface area contributed by atoms with E-state index in [0.717, 1.165) is 17.2 Å². The Morgan fingerprint density at radius 2 is 2.36 bits per heavy atom. The minimum Gasteiger partial charge on any atom is -0.424 e. The molecule has 2 aromatic rings. The van der Waals surface area contributed by atoms with Crippen molar-refractivity contribution in [1.29, 1.82) is 0 Å². The van der Waals surface area contributed by atoms with Gasteiger partial charge in [0.1, 0.15) is 0 Å². The normalized spacial score (nSPS) is 26.1. The fraction of sp³-hybridized carbons (Fsp3) is 0.625. The number of fused-ring (bicyclic) bond motifs is 1. The number of carbonyl (C=O) groups is 1. The molecule has 2 saturated heterocycles. The van der Waals surface area contributed by atoms with Crippen LogP contribution in [0.3, 0.4) is 0 Å². The number of aryl methyl sites for hydroxylation is 2. The second kappa shape index (κ2) is 6.47. The van der Waals surface area contributed by atoms with Crippen molar-refractivity contribution in [3.8, 4) is 0 Å². The number of amides is 1. The highest BCUT2D eigenvalue weighted by atomic mass is 32.1. The predicted molar refractivity (Wildman–Crippen MR) is 89.8 cm³/mol. The maximum absolute atomic E-state index is 12.9. The summed E-state index contributed by atoms with van der Waals surface area (Å²) in [7, 11) is 0. The zero-order chi connectivity index (χ0) is 17.4. The highest BCUT2D eigenvalue weighted by molar-refractivity contribution is 7.09. The fourth-order valence-corrected chi connectivity index (χ4v) is 4.32. The van der Waals surface area contributed by atoms with Crippen LogP contribution in [0.2, 0.25) is 0 Å². The second-order valence-corrected chi connectivity index (χ2v) is 7.86. The van der Waals surface area contributed by atoms with E-state index in [2.05, 4.69) is 25.4 Å². The summed E-state index contributed by atoms with van der Waals surface area (Å²) in [6.07, 6.45) is 0. The van der Waals surface area contributed by atoms with E-state index in [1.54, 1.807) is 18.3 Å². The van der Waals surface area contributed by atoms with Crippen molar-refractivity contribution in [3.63, 3.8) is 0 Å². The van der Waals surface area contributed by atoms with Gasteiger partial charge >= 0.3 is 0 Å². The van der Waals surface area contributed by atoms with Gasteiger partial charge in [-0.05, 0) is 6.92 Å². The lowest BCUT2D eigenvalue weighted by atomic mass is 9.80. The van der Waals surface area contributed by atoms with Gasteiger partial charge < -0.3 is 14.5 Å². The van der Waals surface area contributed by atoms with Crippen LogP contribution < -0.4 is 5.32 Å². The molecule has 0 aromatic carbocycles. The molecule has 1 amide bonds. The summed E-state index contributed by atoms with van der Waals surface area (Å²) in [6.45, 7) is 7.27. The lowest BCUT2D eigenvalue weighted by molar-refractivity contribution is -0.131. The summed E-state index contributed by atoms with van der Waals surface area (Å²) in [4.78, 5) is 19.5. The molecule has 0 aliphatic carbocycles. The molecule has 4 heterocycles. The predicted octanol–water partition coefficient (Wildman–Crippen LogP) is 0.908. The molecule has 25 heavy (non-hydrogen) atoms. The number of hydrogen-bond acceptors (Lipinski definition) is 8. The molecule has 2 aliphatic heterocycles. The molecule has 1 N–H and O–H groups in total. The van der Waals surface area contributed by atoms with Crippen LogP contribution in [0.5, 0.6) is 0 Å². The molecular weight excluding hydrogens is 342 g/mol. The van der Waals surface area contributed by atoms with Gasteiger partial charge in [-0.3, -0.25) is 9.69 Å². The largest absolute Gasteiger partial charge is 0.424 e. The van der Waals surface area contributed by atoms with Gasteiger partial charge in [0.2, 0.25) is 17.7 Å². The number of nitrogens with one attached hydrogen (secondary N) is 1. The lowest BCUT2D eigenvalue weighted by Gasteiger charge is -2.25. The van der Waals surface area contributed by atoms with E-state index in [1.807, 2.05) is 12.3 Å². The fourth-order valence-electron chi connectivity index (χ4n) is 3.71. The van der Waals surface area contributed by atoms with Crippen molar-refractivity contribution in [3.05, 3.63) is 27.9 Å². The molecule has 0 radical (unpaired) electrons. The highest BCUT2D eigenvalue weighted by Crippen LogP contribution is 2.42. The van der Waals surface area contributed by atoms with Crippen molar-refractivity contribution in [2.45, 2.75) is 26.9 Å². The highest BCUT2D eigenvalue weighted by Gasteiger charge is 2.55. The third-order valence-electron chi connectivity index (χ3n) is 4.92. The number of ether oxygens (including phenoxy) is 1. The monoisotopic (exact) mass is 363 g/mol. The van der Waals surface area contributed by atoms with Crippen LogP contribution in [0.25, 0.3) is 0 Å². The van der Waals surface area contributed by atoms with Gasteiger partial charge in [-0.2, -0.15) is 0 Å². The summed E-state index contributed by atoms with van der Waals surface area (Å²) in [6, 6.07) is 0. The Bertz CT molecular complexity index is 775. The minimum atomic E-state index is -0.500. The Labute approximate surface area is 149 Å². The maximum Gasteiger partial charge on any atom is 0.230 e. The Kier molecular flexibility index (Phi) is 4.30. The first-order valence-corrected chi connectivity index (χ1v) is 9.21. The standard InChI is InChI=1S/C16H21N5O3S/c1-10-19-20-14(24-10)5-21-4-12-6-23-9-16(12,8-21)15(22)17-3-13-7-25-11(2)18-13/h7,12H,3-6,8-9H2,1-2H3,(H,17,22)/t12-,16-/m1/s1. The quantitative estimate of drug-likeness (QED) is 0.844. The first-order chi connectivity index (χ1) is 12.0. The Morgan fingerprint density at radius 3 is 3.08 bits per heavy atom. The van der Waals surface area contributed by atoms with Crippen LogP contribution in [0.4, 0.5) is 0 Å². The van der Waals surface area contributed by atoms with Gasteiger partial charge in [0, 0.05) is 31.3 Å². The molecule has 2 fully saturated rings. The van der Waals surface area contributed by atoms with Crippen molar-refractivity contribution >= 4 is 17.2 Å². The lowest BCUT2D eigenvalue weighted by Crippen LogP contribution is -2.46. The molecule has 134 valence electrons. The van der Waals surface area contributed by atoms with Gasteiger partial charge in [-0.25, -0.2) is 4.98 Å². The Hall–Kier alpha value is -1.84. The molecule has 0 saturated carbocycles. The number of aromatic nitrogens is 3. The smallest absolute Gasteiger partial charge is 0.230 e. The van der Waals surface area contributed by atoms with Crippen LogP contribution in [0, 0.1) is 25.2 Å². The van der Waals surface area contributed by atoms with Crippen LogP contribution in [-0.2, 0) is 22.6 Å². The molecule has 9 heteroatoms. The summed E-state index contributed by atoms with van der Waals surface area (Å²) in [5, 5.41) is 14.0. The average Bonchev–Trinajstić information content (AvgIpc) is 3.30. The van der Waals surface area contributed by atoms with E-state index >= 15 is 0 Å². The Morgan fingerprint density at radius 1 is 1.48 bits per heavy atom. The second-order valence-electron chi connectivity index (χ2n) is 6.79. The molecule has 2 atom stereocenters. The first kappa shape index (κ1) is 16.6. The van der Waals surface area contributed by atoms with E-state index in [4.69, 9.17) is 9.15 Å². The third-order valence-corrected chi connectivity index (χ3v) is 5.74. The number of rotatable bonds is 5. The van der Waals surface area contributed by atoms with Gasteiger partial charge in [0.05, 0.1) is 42.4 Å². The van der Waals surface area contributed by atoms with E-state index in [0.29, 0.717) is 44.6 Å². The number of likely N-dealkylation sites (tertiary alicyclic amines) is 1. The topological polar surface area (TPSA) is 93.4 Å². The SMILES string of the molecule is Cc1nnc(CN2C[C@@H]3COC[C@]3(C(=O)NCc3csc(C)n3)C2)o1. The van der Waals surface area contributed by atoms with E-state index < -0.39 is 5.41 Å². The number of carbonyl (C=O) groups excluding carboxylic acids is 1. The third kappa shape index (κ3) is 3.19. The van der Waals surface area contributed by atoms with Gasteiger partial charge in [0.25, 0.3) is 0 Å². The van der Waals surface area contributed by atoms with Crippen molar-refractivity contribution in [1.82, 2.24) is 25.4 Å². The van der Waals surface area contributed by atoms with E-state index in [9.17, 15) is 4.79 Å². The molecule has 0 bridgehead atoms. The van der Waals surface area contributed by atoms with E-state index in [-0.39, 0.29) is 11.8 Å². The zero-order valence-corrected chi connectivity index (χ0v) is 15.1. The molecule has 2 aliphatic rings. The maximum atomic E-state index is 12.9. The molecule has 0 unspecified atom stereocenters. The summed E-state index contributed by atoms with van der Waals surface area (Å²) >= 11 is 1.59. The van der Waals surface area contributed by atoms with Crippen LogP contribution >= 0.6 is 11.3 Å². The molecule has 8 nitrogen and oxygen atoms in total. The van der Waals surface area contributed by atoms with Gasteiger partial charge in [-0.1, -0.05) is 0 Å². The Balaban J connectivity index is 1.42. The van der Waals surface area contributed by atoms with Crippen LogP contribution in [0.15, 0.2) is 9.80 Å². The molecule has 2 aromatic heterocycles. The van der Waals surface area contributed by atoms with Crippen LogP contribution in [-0.4, -0.2) is 52.3 Å². The summed E-state index contributed by atoms with van der Waals surface area (Å²) in [5.74, 6) is 1.38. The van der Waals surface area contributed by atoms with Crippen molar-refractivity contribution in [2.75, 3.05) is 26.3 Å². The summed E-state index contributed by atoms with van der Waals surface area (Å²) < 4.78 is 11.1. The zero-order valence-electron chi connectivity index (χ0n) is 14.3.